The van der Waals surface area contributed by atoms with E-state index < -0.39 is 21.8 Å². The molecule has 0 aliphatic heterocycles. The molecule has 0 saturated carbocycles. The first-order chi connectivity index (χ1) is 14.7. The van der Waals surface area contributed by atoms with E-state index in [1.165, 1.54) is 60.9 Å². The molecule has 0 aliphatic rings. The lowest BCUT2D eigenvalue weighted by Gasteiger charge is -2.19. The number of para-hydroxylation sites is 1. The van der Waals surface area contributed by atoms with Crippen LogP contribution in [-0.4, -0.2) is 34.4 Å². The van der Waals surface area contributed by atoms with E-state index in [4.69, 9.17) is 10.5 Å². The predicted octanol–water partition coefficient (Wildman–Crippen LogP) is 2.87. The van der Waals surface area contributed by atoms with Crippen LogP contribution in [0.25, 0.3) is 0 Å². The summed E-state index contributed by atoms with van der Waals surface area (Å²) in [5.41, 5.74) is 6.51. The number of hydrogen-bond acceptors (Lipinski definition) is 5. The summed E-state index contributed by atoms with van der Waals surface area (Å²) in [6.45, 7) is 0. The van der Waals surface area contributed by atoms with Crippen molar-refractivity contribution < 1.29 is 22.7 Å². The lowest BCUT2D eigenvalue weighted by atomic mass is 10.1. The Morgan fingerprint density at radius 2 is 1.55 bits per heavy atom. The normalized spacial score (nSPS) is 10.9. The number of hydrogen-bond donors (Lipinski definition) is 2. The molecule has 0 radical (unpaired) electrons. The van der Waals surface area contributed by atoms with Crippen LogP contribution in [0.5, 0.6) is 5.75 Å². The first-order valence-electron chi connectivity index (χ1n) is 9.17. The number of benzene rings is 3. The molecule has 0 atom stereocenters. The second-order valence-electron chi connectivity index (χ2n) is 6.57. The molecule has 0 bridgehead atoms. The van der Waals surface area contributed by atoms with Crippen molar-refractivity contribution in [3.05, 3.63) is 83.9 Å². The summed E-state index contributed by atoms with van der Waals surface area (Å²) in [6, 6.07) is 18.6. The number of primary amides is 1. The van der Waals surface area contributed by atoms with Crippen molar-refractivity contribution in [2.24, 2.45) is 5.73 Å². The van der Waals surface area contributed by atoms with Gasteiger partial charge >= 0.3 is 0 Å². The Balaban J connectivity index is 1.83. The van der Waals surface area contributed by atoms with Gasteiger partial charge in [-0.2, -0.15) is 0 Å². The van der Waals surface area contributed by atoms with Crippen molar-refractivity contribution in [2.75, 3.05) is 23.8 Å². The predicted molar refractivity (Wildman–Crippen MR) is 118 cm³/mol. The van der Waals surface area contributed by atoms with E-state index in [-0.39, 0.29) is 21.7 Å². The van der Waals surface area contributed by atoms with E-state index in [0.29, 0.717) is 11.4 Å². The summed E-state index contributed by atoms with van der Waals surface area (Å²) in [5, 5.41) is 2.65. The van der Waals surface area contributed by atoms with Crippen molar-refractivity contribution in [1.82, 2.24) is 0 Å². The van der Waals surface area contributed by atoms with Gasteiger partial charge in [0.25, 0.3) is 15.9 Å². The van der Waals surface area contributed by atoms with Crippen molar-refractivity contribution >= 4 is 33.2 Å². The SMILES string of the molecule is COc1ccc(C(N)=O)cc1NC(=O)c1ccc(S(=O)(=O)N(C)c2ccccc2)cc1. The molecule has 3 aromatic carbocycles. The molecule has 2 amide bonds. The number of carbonyl (C=O) groups is 2. The lowest BCUT2D eigenvalue weighted by Crippen LogP contribution is -2.26. The van der Waals surface area contributed by atoms with E-state index in [9.17, 15) is 18.0 Å². The van der Waals surface area contributed by atoms with E-state index >= 15 is 0 Å². The number of carbonyl (C=O) groups excluding carboxylic acids is 2. The maximum Gasteiger partial charge on any atom is 0.264 e. The van der Waals surface area contributed by atoms with Gasteiger partial charge in [0.1, 0.15) is 5.75 Å². The molecule has 9 heteroatoms. The molecule has 0 unspecified atom stereocenters. The van der Waals surface area contributed by atoms with Crippen molar-refractivity contribution in [1.29, 1.82) is 0 Å². The zero-order valence-electron chi connectivity index (χ0n) is 16.9. The van der Waals surface area contributed by atoms with Crippen LogP contribution in [0.4, 0.5) is 11.4 Å². The Morgan fingerprint density at radius 3 is 2.13 bits per heavy atom. The average Bonchev–Trinajstić information content (AvgIpc) is 2.79. The molecular formula is C22H21N3O5S. The fourth-order valence-corrected chi connectivity index (χ4v) is 4.06. The number of amides is 2. The molecule has 0 heterocycles. The molecular weight excluding hydrogens is 418 g/mol. The number of anilines is 2. The molecule has 160 valence electrons. The van der Waals surface area contributed by atoms with Gasteiger partial charge in [-0.25, -0.2) is 8.42 Å². The number of nitrogens with zero attached hydrogens (tertiary/aromatic N) is 1. The number of nitrogens with one attached hydrogen (secondary N) is 1. The fraction of sp³-hybridized carbons (Fsp3) is 0.0909. The second-order valence-corrected chi connectivity index (χ2v) is 8.54. The van der Waals surface area contributed by atoms with Gasteiger partial charge in [-0.15, -0.1) is 0 Å². The monoisotopic (exact) mass is 439 g/mol. The highest BCUT2D eigenvalue weighted by molar-refractivity contribution is 7.92. The third kappa shape index (κ3) is 4.67. The second kappa shape index (κ2) is 8.88. The molecule has 0 fully saturated rings. The van der Waals surface area contributed by atoms with Crippen molar-refractivity contribution in [2.45, 2.75) is 4.90 Å². The maximum absolute atomic E-state index is 12.9. The summed E-state index contributed by atoms with van der Waals surface area (Å²) in [5.74, 6) is -0.794. The van der Waals surface area contributed by atoms with Crippen LogP contribution in [0.1, 0.15) is 20.7 Å². The highest BCUT2D eigenvalue weighted by Crippen LogP contribution is 2.26. The Morgan fingerprint density at radius 1 is 0.935 bits per heavy atom. The molecule has 3 N–H and O–H groups in total. The number of rotatable bonds is 7. The van der Waals surface area contributed by atoms with Gasteiger partial charge in [0.2, 0.25) is 5.91 Å². The highest BCUT2D eigenvalue weighted by atomic mass is 32.2. The number of nitrogens with two attached hydrogens (primary N) is 1. The summed E-state index contributed by atoms with van der Waals surface area (Å²) in [7, 11) is -0.899. The van der Waals surface area contributed by atoms with E-state index in [1.54, 1.807) is 30.3 Å². The largest absolute Gasteiger partial charge is 0.495 e. The van der Waals surface area contributed by atoms with Crippen LogP contribution >= 0.6 is 0 Å². The van der Waals surface area contributed by atoms with Crippen molar-refractivity contribution in [3.63, 3.8) is 0 Å². The average molecular weight is 439 g/mol. The third-order valence-corrected chi connectivity index (χ3v) is 6.43. The number of methoxy groups -OCH3 is 1. The van der Waals surface area contributed by atoms with Crippen LogP contribution in [-0.2, 0) is 10.0 Å². The molecule has 3 rings (SSSR count). The standard InChI is InChI=1S/C22H21N3O5S/c1-25(17-6-4-3-5-7-17)31(28,29)18-11-8-15(9-12-18)22(27)24-19-14-16(21(23)26)10-13-20(19)30-2/h3-14H,1-2H3,(H2,23,26)(H,24,27). The van der Waals surface area contributed by atoms with E-state index in [2.05, 4.69) is 5.32 Å². The Labute approximate surface area is 180 Å². The summed E-state index contributed by atoms with van der Waals surface area (Å²) >= 11 is 0. The lowest BCUT2D eigenvalue weighted by molar-refractivity contribution is 0.0996. The minimum absolute atomic E-state index is 0.0451. The number of sulfonamides is 1. The zero-order chi connectivity index (χ0) is 22.6. The summed E-state index contributed by atoms with van der Waals surface area (Å²) in [4.78, 5) is 24.1. The van der Waals surface area contributed by atoms with Crippen LogP contribution in [0.15, 0.2) is 77.7 Å². The van der Waals surface area contributed by atoms with Crippen LogP contribution < -0.4 is 20.1 Å². The van der Waals surface area contributed by atoms with Gasteiger partial charge < -0.3 is 15.8 Å². The van der Waals surface area contributed by atoms with Gasteiger partial charge in [0, 0.05) is 18.2 Å². The molecule has 0 spiro atoms. The van der Waals surface area contributed by atoms with Gasteiger partial charge in [-0.05, 0) is 54.6 Å². The van der Waals surface area contributed by atoms with Gasteiger partial charge in [-0.1, -0.05) is 18.2 Å². The zero-order valence-corrected chi connectivity index (χ0v) is 17.7. The quantitative estimate of drug-likeness (QED) is 0.587. The summed E-state index contributed by atoms with van der Waals surface area (Å²) < 4.78 is 32.1. The van der Waals surface area contributed by atoms with E-state index in [1.807, 2.05) is 0 Å². The molecule has 0 saturated heterocycles. The molecule has 8 nitrogen and oxygen atoms in total. The molecule has 0 aromatic heterocycles. The first-order valence-corrected chi connectivity index (χ1v) is 10.6. The number of ether oxygens (including phenoxy) is 1. The maximum atomic E-state index is 12.9. The van der Waals surface area contributed by atoms with Crippen LogP contribution in [0.2, 0.25) is 0 Å². The smallest absolute Gasteiger partial charge is 0.264 e. The Bertz CT molecular complexity index is 1210. The molecule has 3 aromatic rings. The van der Waals surface area contributed by atoms with Crippen molar-refractivity contribution in [3.8, 4) is 5.75 Å². The van der Waals surface area contributed by atoms with Gasteiger partial charge in [0.05, 0.1) is 23.4 Å². The Hall–Kier alpha value is -3.85. The Kier molecular flexibility index (Phi) is 6.26. The minimum Gasteiger partial charge on any atom is -0.495 e. The molecule has 0 aliphatic carbocycles. The minimum atomic E-state index is -3.79. The van der Waals surface area contributed by atoms with Crippen LogP contribution in [0.3, 0.4) is 0 Å². The topological polar surface area (TPSA) is 119 Å². The van der Waals surface area contributed by atoms with Gasteiger partial charge in [-0.3, -0.25) is 13.9 Å². The first kappa shape index (κ1) is 21.8. The van der Waals surface area contributed by atoms with Gasteiger partial charge in [0.15, 0.2) is 0 Å². The summed E-state index contributed by atoms with van der Waals surface area (Å²) in [6.07, 6.45) is 0. The van der Waals surface area contributed by atoms with Crippen LogP contribution in [0, 0.1) is 0 Å². The third-order valence-electron chi connectivity index (χ3n) is 4.63. The van der Waals surface area contributed by atoms with E-state index in [0.717, 1.165) is 0 Å². The highest BCUT2D eigenvalue weighted by Gasteiger charge is 2.21. The fourth-order valence-electron chi connectivity index (χ4n) is 2.87. The molecule has 31 heavy (non-hydrogen) atoms.